The zero-order valence-corrected chi connectivity index (χ0v) is 20.9. The summed E-state index contributed by atoms with van der Waals surface area (Å²) in [5.41, 5.74) is 0.813. The average Bonchev–Trinajstić information content (AvgIpc) is 2.87. The molecule has 4 rings (SSSR count). The molecule has 0 amide bonds. The van der Waals surface area contributed by atoms with Crippen LogP contribution in [0.5, 0.6) is 17.2 Å². The van der Waals surface area contributed by atoms with Gasteiger partial charge in [-0.2, -0.15) is 0 Å². The number of nitrogens with zero attached hydrogens (tertiary/aromatic N) is 5. The number of hydrogen-bond acceptors (Lipinski definition) is 9. The van der Waals surface area contributed by atoms with Crippen LogP contribution >= 0.6 is 0 Å². The van der Waals surface area contributed by atoms with Gasteiger partial charge in [0.05, 0.1) is 43.9 Å². The van der Waals surface area contributed by atoms with Crippen molar-refractivity contribution in [1.82, 2.24) is 19.8 Å². The van der Waals surface area contributed by atoms with Gasteiger partial charge in [0.15, 0.2) is 11.5 Å². The highest BCUT2D eigenvalue weighted by atomic mass is 16.5. The second-order valence-electron chi connectivity index (χ2n) is 8.56. The summed E-state index contributed by atoms with van der Waals surface area (Å²) in [5.74, 6) is 2.88. The first-order valence-electron chi connectivity index (χ1n) is 12.7. The fourth-order valence-corrected chi connectivity index (χ4v) is 4.72. The molecule has 3 heterocycles. The van der Waals surface area contributed by atoms with Gasteiger partial charge in [0.2, 0.25) is 5.75 Å². The van der Waals surface area contributed by atoms with Crippen molar-refractivity contribution in [1.29, 1.82) is 0 Å². The lowest BCUT2D eigenvalue weighted by atomic mass is 10.1. The van der Waals surface area contributed by atoms with Crippen molar-refractivity contribution >= 4 is 16.7 Å². The highest BCUT2D eigenvalue weighted by Gasteiger charge is 2.26. The first kappa shape index (κ1) is 24.8. The molecule has 1 aromatic heterocycles. The number of aromatic nitrogens is 2. The summed E-state index contributed by atoms with van der Waals surface area (Å²) in [6, 6.07) is 1.94. The SMILES string of the molecule is CCOc1cc2ncnc(N3CCN(CCCN4CCOCC4)CC3)c2c(OCC)c1OCC. The quantitative estimate of drug-likeness (QED) is 0.490. The molecular weight excluding hydrogens is 434 g/mol. The van der Waals surface area contributed by atoms with Crippen LogP contribution in [0, 0.1) is 0 Å². The van der Waals surface area contributed by atoms with Gasteiger partial charge in [-0.1, -0.05) is 0 Å². The van der Waals surface area contributed by atoms with E-state index >= 15 is 0 Å². The van der Waals surface area contributed by atoms with Gasteiger partial charge in [0.1, 0.15) is 12.1 Å². The minimum atomic E-state index is 0.524. The Morgan fingerprint density at radius 1 is 0.794 bits per heavy atom. The van der Waals surface area contributed by atoms with Crippen LogP contribution in [0.15, 0.2) is 12.4 Å². The van der Waals surface area contributed by atoms with Crippen molar-refractivity contribution < 1.29 is 18.9 Å². The van der Waals surface area contributed by atoms with E-state index in [4.69, 9.17) is 23.9 Å². The Labute approximate surface area is 202 Å². The van der Waals surface area contributed by atoms with E-state index in [-0.39, 0.29) is 0 Å². The molecule has 0 bridgehead atoms. The number of anilines is 1. The number of ether oxygens (including phenoxy) is 4. The van der Waals surface area contributed by atoms with Crippen LogP contribution in [-0.4, -0.2) is 105 Å². The van der Waals surface area contributed by atoms with Crippen molar-refractivity contribution in [3.63, 3.8) is 0 Å². The van der Waals surface area contributed by atoms with Gasteiger partial charge >= 0.3 is 0 Å². The predicted octanol–water partition coefficient (Wildman–Crippen LogP) is 2.67. The van der Waals surface area contributed by atoms with Gasteiger partial charge in [0.25, 0.3) is 0 Å². The zero-order chi connectivity index (χ0) is 23.8. The molecule has 2 aliphatic heterocycles. The molecule has 2 aliphatic rings. The highest BCUT2D eigenvalue weighted by Crippen LogP contribution is 2.46. The molecule has 0 N–H and O–H groups in total. The molecular formula is C25H39N5O4. The lowest BCUT2D eigenvalue weighted by Crippen LogP contribution is -2.47. The van der Waals surface area contributed by atoms with Crippen LogP contribution in [0.4, 0.5) is 5.82 Å². The summed E-state index contributed by atoms with van der Waals surface area (Å²) in [7, 11) is 0. The Balaban J connectivity index is 1.48. The van der Waals surface area contributed by atoms with Crippen molar-refractivity contribution in [2.45, 2.75) is 27.2 Å². The lowest BCUT2D eigenvalue weighted by Gasteiger charge is -2.36. The third-order valence-corrected chi connectivity index (χ3v) is 6.38. The molecule has 2 aromatic rings. The maximum absolute atomic E-state index is 6.12. The molecule has 0 atom stereocenters. The molecule has 9 nitrogen and oxygen atoms in total. The summed E-state index contributed by atoms with van der Waals surface area (Å²) < 4.78 is 23.4. The molecule has 9 heteroatoms. The maximum Gasteiger partial charge on any atom is 0.204 e. The third kappa shape index (κ3) is 5.82. The first-order chi connectivity index (χ1) is 16.7. The molecule has 2 fully saturated rings. The van der Waals surface area contributed by atoms with Crippen molar-refractivity contribution in [3.05, 3.63) is 12.4 Å². The van der Waals surface area contributed by atoms with Crippen LogP contribution in [0.2, 0.25) is 0 Å². The zero-order valence-electron chi connectivity index (χ0n) is 20.9. The molecule has 0 unspecified atom stereocenters. The smallest absolute Gasteiger partial charge is 0.204 e. The summed E-state index contributed by atoms with van der Waals surface area (Å²) in [6.45, 7) is 17.5. The van der Waals surface area contributed by atoms with E-state index in [0.29, 0.717) is 37.1 Å². The average molecular weight is 474 g/mol. The highest BCUT2D eigenvalue weighted by molar-refractivity contribution is 5.98. The number of benzene rings is 1. The Hall–Kier alpha value is -2.36. The van der Waals surface area contributed by atoms with E-state index in [9.17, 15) is 0 Å². The molecule has 188 valence electrons. The fourth-order valence-electron chi connectivity index (χ4n) is 4.72. The minimum absolute atomic E-state index is 0.524. The van der Waals surface area contributed by atoms with Crippen molar-refractivity contribution in [3.8, 4) is 17.2 Å². The number of rotatable bonds is 11. The maximum atomic E-state index is 6.12. The number of morpholine rings is 1. The van der Waals surface area contributed by atoms with E-state index < -0.39 is 0 Å². The fraction of sp³-hybridized carbons (Fsp3) is 0.680. The first-order valence-corrected chi connectivity index (χ1v) is 12.7. The molecule has 0 spiro atoms. The van der Waals surface area contributed by atoms with E-state index in [1.54, 1.807) is 6.33 Å². The molecule has 34 heavy (non-hydrogen) atoms. The van der Waals surface area contributed by atoms with E-state index in [0.717, 1.165) is 82.3 Å². The largest absolute Gasteiger partial charge is 0.490 e. The van der Waals surface area contributed by atoms with Gasteiger partial charge in [-0.3, -0.25) is 9.80 Å². The van der Waals surface area contributed by atoms with Gasteiger partial charge in [0, 0.05) is 45.3 Å². The molecule has 2 saturated heterocycles. The van der Waals surface area contributed by atoms with E-state index in [2.05, 4.69) is 19.7 Å². The second-order valence-corrected chi connectivity index (χ2v) is 8.56. The summed E-state index contributed by atoms with van der Waals surface area (Å²) in [6.07, 6.45) is 2.83. The Kier molecular flexibility index (Phi) is 9.01. The molecule has 0 aliphatic carbocycles. The topological polar surface area (TPSA) is 72.4 Å². The second kappa shape index (κ2) is 12.4. The van der Waals surface area contributed by atoms with Gasteiger partial charge in [-0.15, -0.1) is 0 Å². The Morgan fingerprint density at radius 2 is 1.44 bits per heavy atom. The normalized spacial score (nSPS) is 17.8. The molecule has 1 aromatic carbocycles. The van der Waals surface area contributed by atoms with Crippen LogP contribution in [0.1, 0.15) is 27.2 Å². The summed E-state index contributed by atoms with van der Waals surface area (Å²) >= 11 is 0. The lowest BCUT2D eigenvalue weighted by molar-refractivity contribution is 0.0360. The number of piperazine rings is 1. The van der Waals surface area contributed by atoms with E-state index in [1.165, 1.54) is 6.42 Å². The van der Waals surface area contributed by atoms with Crippen molar-refractivity contribution in [2.24, 2.45) is 0 Å². The third-order valence-electron chi connectivity index (χ3n) is 6.38. The van der Waals surface area contributed by atoms with Crippen LogP contribution in [0.3, 0.4) is 0 Å². The number of hydrogen-bond donors (Lipinski definition) is 0. The van der Waals surface area contributed by atoms with Crippen LogP contribution in [-0.2, 0) is 4.74 Å². The number of fused-ring (bicyclic) bond motifs is 1. The van der Waals surface area contributed by atoms with Gasteiger partial charge in [-0.25, -0.2) is 9.97 Å². The van der Waals surface area contributed by atoms with Gasteiger partial charge < -0.3 is 23.8 Å². The van der Waals surface area contributed by atoms with Crippen LogP contribution < -0.4 is 19.1 Å². The monoisotopic (exact) mass is 473 g/mol. The minimum Gasteiger partial charge on any atom is -0.490 e. The molecule has 0 radical (unpaired) electrons. The molecule has 0 saturated carbocycles. The Bertz CT molecular complexity index is 914. The Morgan fingerprint density at radius 3 is 2.12 bits per heavy atom. The van der Waals surface area contributed by atoms with Gasteiger partial charge in [-0.05, 0) is 40.3 Å². The standard InChI is InChI=1S/C25H39N5O4/c1-4-32-21-18-20-22(24(34-6-3)23(21)33-5-2)25(27-19-26-20)30-12-10-28(11-13-30)8-7-9-29-14-16-31-17-15-29/h18-19H,4-17H2,1-3H3. The van der Waals surface area contributed by atoms with Crippen LogP contribution in [0.25, 0.3) is 10.9 Å². The summed E-state index contributed by atoms with van der Waals surface area (Å²) in [5, 5.41) is 0.900. The van der Waals surface area contributed by atoms with E-state index in [1.807, 2.05) is 26.8 Å². The van der Waals surface area contributed by atoms with Crippen molar-refractivity contribution in [2.75, 3.05) is 90.3 Å². The summed E-state index contributed by atoms with van der Waals surface area (Å²) in [4.78, 5) is 16.7. The predicted molar refractivity (Wildman–Crippen MR) is 134 cm³/mol.